The first-order chi connectivity index (χ1) is 10.9. The van der Waals surface area contributed by atoms with E-state index in [4.69, 9.17) is 10.5 Å². The number of benzene rings is 1. The van der Waals surface area contributed by atoms with Crippen LogP contribution >= 0.6 is 24.0 Å². The fourth-order valence-electron chi connectivity index (χ4n) is 2.28. The van der Waals surface area contributed by atoms with Gasteiger partial charge >= 0.3 is 0 Å². The Kier molecular flexibility index (Phi) is 8.40. The van der Waals surface area contributed by atoms with Gasteiger partial charge in [-0.3, -0.25) is 4.99 Å². The van der Waals surface area contributed by atoms with Crippen LogP contribution in [-0.4, -0.2) is 58.2 Å². The minimum Gasteiger partial charge on any atom is -0.375 e. The molecule has 7 nitrogen and oxygen atoms in total. The van der Waals surface area contributed by atoms with E-state index in [0.29, 0.717) is 32.2 Å². The molecule has 0 saturated carbocycles. The molecule has 1 aliphatic heterocycles. The van der Waals surface area contributed by atoms with Crippen LogP contribution in [0, 0.1) is 6.92 Å². The summed E-state index contributed by atoms with van der Waals surface area (Å²) in [6.07, 6.45) is 0.123. The number of aliphatic imine (C=N–C) groups is 1. The summed E-state index contributed by atoms with van der Waals surface area (Å²) in [6.45, 7) is 6.42. The molecule has 0 aliphatic carbocycles. The van der Waals surface area contributed by atoms with Gasteiger partial charge in [0.2, 0.25) is 10.0 Å². The fraction of sp³-hybridized carbons (Fsp3) is 0.533. The van der Waals surface area contributed by atoms with E-state index in [2.05, 4.69) is 9.71 Å². The number of guanidine groups is 1. The van der Waals surface area contributed by atoms with E-state index < -0.39 is 10.0 Å². The summed E-state index contributed by atoms with van der Waals surface area (Å²) in [5, 5.41) is 0. The summed E-state index contributed by atoms with van der Waals surface area (Å²) in [6, 6.07) is 6.71. The van der Waals surface area contributed by atoms with E-state index in [-0.39, 0.29) is 41.5 Å². The zero-order valence-corrected chi connectivity index (χ0v) is 17.1. The minimum atomic E-state index is -3.50. The maximum Gasteiger partial charge on any atom is 0.240 e. The molecule has 1 fully saturated rings. The van der Waals surface area contributed by atoms with Crippen LogP contribution in [0.5, 0.6) is 0 Å². The van der Waals surface area contributed by atoms with Crippen LogP contribution in [0.1, 0.15) is 12.5 Å². The van der Waals surface area contributed by atoms with Gasteiger partial charge in [-0.05, 0) is 26.0 Å². The Labute approximate surface area is 160 Å². The maximum absolute atomic E-state index is 12.1. The zero-order valence-electron chi connectivity index (χ0n) is 13.9. The zero-order chi connectivity index (χ0) is 16.9. The number of ether oxygens (including phenoxy) is 1. The van der Waals surface area contributed by atoms with Crippen molar-refractivity contribution in [3.05, 3.63) is 29.8 Å². The third-order valence-electron chi connectivity index (χ3n) is 3.57. The molecule has 1 heterocycles. The first-order valence-electron chi connectivity index (χ1n) is 7.61. The second kappa shape index (κ2) is 9.54. The molecule has 1 unspecified atom stereocenters. The van der Waals surface area contributed by atoms with Gasteiger partial charge in [-0.25, -0.2) is 13.1 Å². The van der Waals surface area contributed by atoms with Crippen LogP contribution in [0.4, 0.5) is 0 Å². The van der Waals surface area contributed by atoms with Gasteiger partial charge in [-0.1, -0.05) is 17.7 Å². The minimum absolute atomic E-state index is 0. The summed E-state index contributed by atoms with van der Waals surface area (Å²) in [5.74, 6) is 0.426. The number of sulfonamides is 1. The highest BCUT2D eigenvalue weighted by atomic mass is 127. The molecule has 24 heavy (non-hydrogen) atoms. The van der Waals surface area contributed by atoms with Crippen molar-refractivity contribution in [2.75, 3.05) is 32.8 Å². The number of nitrogens with two attached hydrogens (primary N) is 1. The topological polar surface area (TPSA) is 97.0 Å². The predicted octanol–water partition coefficient (Wildman–Crippen LogP) is 0.927. The highest BCUT2D eigenvalue weighted by Gasteiger charge is 2.18. The third kappa shape index (κ3) is 6.19. The lowest BCUT2D eigenvalue weighted by Gasteiger charge is -2.31. The van der Waals surface area contributed by atoms with Gasteiger partial charge in [0.05, 0.1) is 24.2 Å². The summed E-state index contributed by atoms with van der Waals surface area (Å²) in [7, 11) is -3.50. The Bertz CT molecular complexity index is 649. The second-order valence-electron chi connectivity index (χ2n) is 5.58. The number of morpholine rings is 1. The normalized spacial score (nSPS) is 19.0. The van der Waals surface area contributed by atoms with Crippen molar-refractivity contribution in [2.24, 2.45) is 10.7 Å². The monoisotopic (exact) mass is 468 g/mol. The highest BCUT2D eigenvalue weighted by molar-refractivity contribution is 14.0. The van der Waals surface area contributed by atoms with E-state index in [1.807, 2.05) is 18.7 Å². The number of rotatable bonds is 5. The molecule has 2 rings (SSSR count). The third-order valence-corrected chi connectivity index (χ3v) is 5.05. The SMILES string of the molecule is Cc1ccc(S(=O)(=O)NCCN=C(N)N2CCOC(C)C2)cc1.I. The van der Waals surface area contributed by atoms with E-state index in [1.165, 1.54) is 0 Å². The molecule has 136 valence electrons. The van der Waals surface area contributed by atoms with Crippen molar-refractivity contribution in [1.82, 2.24) is 9.62 Å². The second-order valence-corrected chi connectivity index (χ2v) is 7.35. The molecule has 1 aromatic rings. The van der Waals surface area contributed by atoms with Gasteiger partial charge < -0.3 is 15.4 Å². The van der Waals surface area contributed by atoms with E-state index in [1.54, 1.807) is 24.3 Å². The standard InChI is InChI=1S/C15H24N4O3S.HI/c1-12-3-5-14(6-4-12)23(20,21)18-8-7-17-15(16)19-9-10-22-13(2)11-19;/h3-6,13,18H,7-11H2,1-2H3,(H2,16,17);1H. The summed E-state index contributed by atoms with van der Waals surface area (Å²) in [4.78, 5) is 6.43. The number of nitrogens with zero attached hydrogens (tertiary/aromatic N) is 2. The lowest BCUT2D eigenvalue weighted by molar-refractivity contribution is 0.00530. The van der Waals surface area contributed by atoms with E-state index in [9.17, 15) is 8.42 Å². The Hall–Kier alpha value is -0.910. The van der Waals surface area contributed by atoms with Crippen molar-refractivity contribution in [1.29, 1.82) is 0 Å². The molecule has 3 N–H and O–H groups in total. The average Bonchev–Trinajstić information content (AvgIpc) is 2.52. The molecule has 1 aliphatic rings. The first-order valence-corrected chi connectivity index (χ1v) is 9.09. The molecule has 9 heteroatoms. The maximum atomic E-state index is 12.1. The first kappa shape index (κ1) is 21.1. The Morgan fingerprint density at radius 3 is 2.71 bits per heavy atom. The van der Waals surface area contributed by atoms with Gasteiger partial charge in [-0.2, -0.15) is 0 Å². The molecule has 0 aromatic heterocycles. The van der Waals surface area contributed by atoms with Crippen molar-refractivity contribution >= 4 is 40.0 Å². The smallest absolute Gasteiger partial charge is 0.240 e. The number of hydrogen-bond acceptors (Lipinski definition) is 4. The van der Waals surface area contributed by atoms with Crippen LogP contribution in [-0.2, 0) is 14.8 Å². The van der Waals surface area contributed by atoms with Crippen LogP contribution in [0.3, 0.4) is 0 Å². The number of nitrogens with one attached hydrogen (secondary N) is 1. The lowest BCUT2D eigenvalue weighted by atomic mass is 10.2. The van der Waals surface area contributed by atoms with Gasteiger partial charge in [0.15, 0.2) is 5.96 Å². The molecule has 0 bridgehead atoms. The Balaban J connectivity index is 0.00000288. The molecular formula is C15H25IN4O3S. The molecule has 1 aromatic carbocycles. The summed E-state index contributed by atoms with van der Waals surface area (Å²) >= 11 is 0. The molecule has 0 amide bonds. The van der Waals surface area contributed by atoms with E-state index >= 15 is 0 Å². The number of halogens is 1. The quantitative estimate of drug-likeness (QED) is 0.290. The van der Waals surface area contributed by atoms with Crippen molar-refractivity contribution in [3.63, 3.8) is 0 Å². The summed E-state index contributed by atoms with van der Waals surface area (Å²) in [5.41, 5.74) is 6.95. The fourth-order valence-corrected chi connectivity index (χ4v) is 3.30. The van der Waals surface area contributed by atoms with Gasteiger partial charge in [0, 0.05) is 19.6 Å². The van der Waals surface area contributed by atoms with Crippen LogP contribution in [0.15, 0.2) is 34.2 Å². The van der Waals surface area contributed by atoms with Gasteiger partial charge in [0.25, 0.3) is 0 Å². The summed E-state index contributed by atoms with van der Waals surface area (Å²) < 4.78 is 32.2. The van der Waals surface area contributed by atoms with Gasteiger partial charge in [-0.15, -0.1) is 24.0 Å². The molecular weight excluding hydrogens is 443 g/mol. The largest absolute Gasteiger partial charge is 0.375 e. The van der Waals surface area contributed by atoms with Crippen molar-refractivity contribution < 1.29 is 13.2 Å². The van der Waals surface area contributed by atoms with Crippen molar-refractivity contribution in [2.45, 2.75) is 24.8 Å². The highest BCUT2D eigenvalue weighted by Crippen LogP contribution is 2.09. The Morgan fingerprint density at radius 1 is 1.42 bits per heavy atom. The molecule has 1 saturated heterocycles. The number of hydrogen-bond donors (Lipinski definition) is 2. The molecule has 0 spiro atoms. The molecule has 1 atom stereocenters. The van der Waals surface area contributed by atoms with Crippen LogP contribution in [0.25, 0.3) is 0 Å². The lowest BCUT2D eigenvalue weighted by Crippen LogP contribution is -2.48. The van der Waals surface area contributed by atoms with Crippen molar-refractivity contribution in [3.8, 4) is 0 Å². The average molecular weight is 468 g/mol. The van der Waals surface area contributed by atoms with Crippen LogP contribution < -0.4 is 10.5 Å². The number of aryl methyl sites for hydroxylation is 1. The Morgan fingerprint density at radius 2 is 2.08 bits per heavy atom. The van der Waals surface area contributed by atoms with E-state index in [0.717, 1.165) is 5.56 Å². The molecule has 0 radical (unpaired) electrons. The van der Waals surface area contributed by atoms with Crippen LogP contribution in [0.2, 0.25) is 0 Å². The predicted molar refractivity (Wildman–Crippen MR) is 105 cm³/mol. The van der Waals surface area contributed by atoms with Gasteiger partial charge in [0.1, 0.15) is 0 Å².